The summed E-state index contributed by atoms with van der Waals surface area (Å²) in [5, 5.41) is 0. The van der Waals surface area contributed by atoms with Crippen LogP contribution in [-0.2, 0) is 19.8 Å². The van der Waals surface area contributed by atoms with Gasteiger partial charge in [-0.1, -0.05) is 0 Å². The quantitative estimate of drug-likeness (QED) is 0.594. The van der Waals surface area contributed by atoms with E-state index in [-0.39, 0.29) is 0 Å². The molecule has 1 atom stereocenters. The highest BCUT2D eigenvalue weighted by atomic mass is 32.3. The molecule has 0 aliphatic carbocycles. The first-order chi connectivity index (χ1) is 4.91. The van der Waals surface area contributed by atoms with Gasteiger partial charge in [-0.2, -0.15) is 0 Å². The van der Waals surface area contributed by atoms with Gasteiger partial charge in [0.1, 0.15) is 0 Å². The fourth-order valence-electron chi connectivity index (χ4n) is 0.933. The van der Waals surface area contributed by atoms with Gasteiger partial charge in [0.15, 0.2) is 0 Å². The molecule has 0 N–H and O–H groups in total. The SMILES string of the molecule is CS(=O)(=O)N=S1(=O)C[CH]CC1. The molecule has 1 heterocycles. The molecular weight excluding hydrogens is 186 g/mol. The summed E-state index contributed by atoms with van der Waals surface area (Å²) in [4.78, 5) is 0. The molecule has 1 aliphatic rings. The van der Waals surface area contributed by atoms with Crippen molar-refractivity contribution in [2.24, 2.45) is 3.77 Å². The van der Waals surface area contributed by atoms with Crippen LogP contribution in [0.2, 0.25) is 0 Å². The lowest BCUT2D eigenvalue weighted by atomic mass is 10.4. The summed E-state index contributed by atoms with van der Waals surface area (Å²) in [6, 6.07) is 0. The molecule has 0 aromatic carbocycles. The minimum absolute atomic E-state index is 0.320. The summed E-state index contributed by atoms with van der Waals surface area (Å²) in [5.74, 6) is 0.708. The molecule has 11 heavy (non-hydrogen) atoms. The van der Waals surface area contributed by atoms with E-state index in [2.05, 4.69) is 3.77 Å². The Morgan fingerprint density at radius 3 is 2.55 bits per heavy atom. The number of nitrogens with zero attached hydrogens (tertiary/aromatic N) is 1. The van der Waals surface area contributed by atoms with Crippen LogP contribution in [0.4, 0.5) is 0 Å². The molecule has 1 rings (SSSR count). The van der Waals surface area contributed by atoms with Crippen molar-refractivity contribution in [1.82, 2.24) is 0 Å². The van der Waals surface area contributed by atoms with Crippen molar-refractivity contribution in [3.63, 3.8) is 0 Å². The van der Waals surface area contributed by atoms with E-state index in [0.29, 0.717) is 17.9 Å². The smallest absolute Gasteiger partial charge is 0.249 e. The minimum Gasteiger partial charge on any atom is -0.249 e. The highest BCUT2D eigenvalue weighted by molar-refractivity contribution is 8.03. The Morgan fingerprint density at radius 2 is 2.18 bits per heavy atom. The van der Waals surface area contributed by atoms with E-state index in [1.807, 2.05) is 6.42 Å². The van der Waals surface area contributed by atoms with Gasteiger partial charge in [0.2, 0.25) is 0 Å². The van der Waals surface area contributed by atoms with Crippen LogP contribution in [0, 0.1) is 6.42 Å². The van der Waals surface area contributed by atoms with E-state index in [9.17, 15) is 12.6 Å². The van der Waals surface area contributed by atoms with Crippen molar-refractivity contribution < 1.29 is 12.6 Å². The van der Waals surface area contributed by atoms with Crippen LogP contribution in [0.5, 0.6) is 0 Å². The van der Waals surface area contributed by atoms with Crippen LogP contribution in [-0.4, -0.2) is 30.4 Å². The van der Waals surface area contributed by atoms with Crippen LogP contribution in [0.15, 0.2) is 3.77 Å². The molecule has 0 amide bonds. The van der Waals surface area contributed by atoms with E-state index in [1.54, 1.807) is 0 Å². The van der Waals surface area contributed by atoms with Gasteiger partial charge in [-0.25, -0.2) is 12.6 Å². The second-order valence-electron chi connectivity index (χ2n) is 2.53. The first kappa shape index (κ1) is 8.99. The lowest BCUT2D eigenvalue weighted by Crippen LogP contribution is -2.04. The first-order valence-electron chi connectivity index (χ1n) is 3.17. The third-order valence-electron chi connectivity index (χ3n) is 1.29. The van der Waals surface area contributed by atoms with E-state index in [1.165, 1.54) is 0 Å². The van der Waals surface area contributed by atoms with Gasteiger partial charge in [-0.05, 0) is 12.8 Å². The fraction of sp³-hybridized carbons (Fsp3) is 0.800. The Bertz CT molecular complexity index is 336. The maximum Gasteiger partial charge on any atom is 0.257 e. The molecule has 1 aliphatic heterocycles. The monoisotopic (exact) mass is 196 g/mol. The lowest BCUT2D eigenvalue weighted by molar-refractivity contribution is 0.603. The average Bonchev–Trinajstić information content (AvgIpc) is 2.09. The van der Waals surface area contributed by atoms with Crippen LogP contribution >= 0.6 is 0 Å². The molecule has 1 fully saturated rings. The van der Waals surface area contributed by atoms with Gasteiger partial charge in [0.25, 0.3) is 10.0 Å². The first-order valence-corrected chi connectivity index (χ1v) is 6.87. The molecule has 1 unspecified atom stereocenters. The number of rotatable bonds is 1. The van der Waals surface area contributed by atoms with Crippen molar-refractivity contribution in [2.75, 3.05) is 17.8 Å². The maximum atomic E-state index is 11.4. The molecule has 0 saturated carbocycles. The second kappa shape index (κ2) is 2.75. The summed E-state index contributed by atoms with van der Waals surface area (Å²) >= 11 is 0. The highest BCUT2D eigenvalue weighted by Crippen LogP contribution is 2.13. The van der Waals surface area contributed by atoms with Gasteiger partial charge >= 0.3 is 0 Å². The van der Waals surface area contributed by atoms with E-state index in [0.717, 1.165) is 6.26 Å². The van der Waals surface area contributed by atoms with Crippen molar-refractivity contribution in [3.05, 3.63) is 6.42 Å². The fourth-order valence-corrected chi connectivity index (χ4v) is 4.68. The summed E-state index contributed by atoms with van der Waals surface area (Å²) in [7, 11) is -5.87. The van der Waals surface area contributed by atoms with Gasteiger partial charge in [0.05, 0.1) is 16.0 Å². The molecule has 1 radical (unpaired) electrons. The molecule has 6 heteroatoms. The molecule has 0 bridgehead atoms. The predicted molar refractivity (Wildman–Crippen MR) is 44.1 cm³/mol. The second-order valence-corrected chi connectivity index (χ2v) is 6.88. The zero-order valence-electron chi connectivity index (χ0n) is 6.19. The molecule has 0 spiro atoms. The maximum absolute atomic E-state index is 11.4. The zero-order chi connectivity index (χ0) is 8.54. The summed E-state index contributed by atoms with van der Waals surface area (Å²) in [6.07, 6.45) is 3.49. The Morgan fingerprint density at radius 1 is 1.55 bits per heavy atom. The van der Waals surface area contributed by atoms with Gasteiger partial charge in [0, 0.05) is 11.5 Å². The van der Waals surface area contributed by atoms with E-state index in [4.69, 9.17) is 0 Å². The van der Waals surface area contributed by atoms with Gasteiger partial charge in [-0.15, -0.1) is 3.77 Å². The van der Waals surface area contributed by atoms with Crippen LogP contribution in [0.3, 0.4) is 0 Å². The third-order valence-corrected chi connectivity index (χ3v) is 5.09. The molecule has 65 valence electrons. The standard InChI is InChI=1S/C5H10NO3S2/c1-10(7,8)6-11(9)4-2-3-5-11/h2H,3-5H2,1H3. The summed E-state index contributed by atoms with van der Waals surface area (Å²) < 4.78 is 36.0. The molecule has 1 saturated heterocycles. The lowest BCUT2D eigenvalue weighted by Gasteiger charge is -1.95. The minimum atomic E-state index is -3.44. The van der Waals surface area contributed by atoms with Crippen molar-refractivity contribution in [2.45, 2.75) is 6.42 Å². The molecular formula is C5H10NO3S2. The third kappa shape index (κ3) is 2.78. The Balaban J connectivity index is 3.07. The normalized spacial score (nSPS) is 23.4. The number of sulfonamides is 1. The Kier molecular flexibility index (Phi) is 2.24. The molecule has 0 aromatic heterocycles. The van der Waals surface area contributed by atoms with E-state index >= 15 is 0 Å². The van der Waals surface area contributed by atoms with Crippen LogP contribution in [0.1, 0.15) is 6.42 Å². The van der Waals surface area contributed by atoms with Crippen LogP contribution in [0.25, 0.3) is 0 Å². The van der Waals surface area contributed by atoms with Crippen molar-refractivity contribution in [3.8, 4) is 0 Å². The van der Waals surface area contributed by atoms with Gasteiger partial charge in [-0.3, -0.25) is 0 Å². The number of hydrogen-bond acceptors (Lipinski definition) is 3. The predicted octanol–water partition coefficient (Wildman–Crippen LogP) is 0.0220. The van der Waals surface area contributed by atoms with Crippen LogP contribution < -0.4 is 0 Å². The largest absolute Gasteiger partial charge is 0.257 e. The van der Waals surface area contributed by atoms with Gasteiger partial charge < -0.3 is 0 Å². The molecule has 0 aromatic rings. The topological polar surface area (TPSA) is 63.6 Å². The highest BCUT2D eigenvalue weighted by Gasteiger charge is 2.18. The summed E-state index contributed by atoms with van der Waals surface area (Å²) in [5.41, 5.74) is 0. The number of hydrogen-bond donors (Lipinski definition) is 0. The van der Waals surface area contributed by atoms with Crippen molar-refractivity contribution in [1.29, 1.82) is 0 Å². The van der Waals surface area contributed by atoms with E-state index < -0.39 is 19.8 Å². The Labute approximate surface area is 67.2 Å². The average molecular weight is 196 g/mol. The summed E-state index contributed by atoms with van der Waals surface area (Å²) in [6.45, 7) is 0. The van der Waals surface area contributed by atoms with Crippen molar-refractivity contribution >= 4 is 19.8 Å². The zero-order valence-corrected chi connectivity index (χ0v) is 7.82. The molecule has 4 nitrogen and oxygen atoms in total. The Hall–Kier alpha value is -0.100.